The van der Waals surface area contributed by atoms with Crippen molar-refractivity contribution in [1.82, 2.24) is 0 Å². The average Bonchev–Trinajstić information content (AvgIpc) is 2.13. The van der Waals surface area contributed by atoms with Crippen molar-refractivity contribution in [2.75, 3.05) is 5.43 Å². The first-order valence-corrected chi connectivity index (χ1v) is 6.78. The van der Waals surface area contributed by atoms with Crippen LogP contribution in [0, 0.1) is 5.41 Å². The van der Waals surface area contributed by atoms with Crippen LogP contribution in [-0.4, -0.2) is 4.62 Å². The van der Waals surface area contributed by atoms with Crippen LogP contribution in [0.3, 0.4) is 0 Å². The molecular formula is C11H12BrCl3N2. The van der Waals surface area contributed by atoms with Crippen LogP contribution in [0.1, 0.15) is 20.8 Å². The van der Waals surface area contributed by atoms with Crippen molar-refractivity contribution in [3.05, 3.63) is 27.2 Å². The molecule has 2 nitrogen and oxygen atoms in total. The number of halogens is 4. The van der Waals surface area contributed by atoms with Crippen LogP contribution < -0.4 is 5.43 Å². The van der Waals surface area contributed by atoms with Gasteiger partial charge in [-0.3, -0.25) is 5.43 Å². The first-order valence-electron chi connectivity index (χ1n) is 4.86. The maximum absolute atomic E-state index is 6.02. The highest BCUT2D eigenvalue weighted by molar-refractivity contribution is 9.18. The zero-order valence-electron chi connectivity index (χ0n) is 9.61. The fourth-order valence-electron chi connectivity index (χ4n) is 0.922. The monoisotopic (exact) mass is 356 g/mol. The molecule has 0 bridgehead atoms. The van der Waals surface area contributed by atoms with Crippen LogP contribution in [0.2, 0.25) is 15.1 Å². The van der Waals surface area contributed by atoms with Gasteiger partial charge >= 0.3 is 0 Å². The molecule has 0 fully saturated rings. The van der Waals surface area contributed by atoms with Crippen LogP contribution in [0.5, 0.6) is 0 Å². The van der Waals surface area contributed by atoms with Gasteiger partial charge in [0.1, 0.15) is 4.62 Å². The maximum Gasteiger partial charge on any atom is 0.109 e. The summed E-state index contributed by atoms with van der Waals surface area (Å²) in [6, 6.07) is 3.22. The SMILES string of the molecule is CC(C)(C)C(Br)=NNc1c(Cl)cc(Cl)cc1Cl. The van der Waals surface area contributed by atoms with E-state index in [-0.39, 0.29) is 5.41 Å². The third-order valence-corrected chi connectivity index (χ3v) is 4.07. The molecule has 94 valence electrons. The molecule has 0 spiro atoms. The number of hydrogen-bond donors (Lipinski definition) is 1. The lowest BCUT2D eigenvalue weighted by molar-refractivity contribution is 0.602. The Morgan fingerprint density at radius 3 is 2.06 bits per heavy atom. The van der Waals surface area contributed by atoms with E-state index in [0.717, 1.165) is 4.62 Å². The fourth-order valence-corrected chi connectivity index (χ4v) is 1.91. The van der Waals surface area contributed by atoms with Gasteiger partial charge in [-0.15, -0.1) is 0 Å². The fraction of sp³-hybridized carbons (Fsp3) is 0.364. The summed E-state index contributed by atoms with van der Waals surface area (Å²) in [6.45, 7) is 6.11. The predicted molar refractivity (Wildman–Crippen MR) is 80.9 cm³/mol. The Hall–Kier alpha value is 0.0400. The van der Waals surface area contributed by atoms with Gasteiger partial charge in [-0.05, 0) is 28.1 Å². The quantitative estimate of drug-likeness (QED) is 0.523. The number of benzene rings is 1. The highest BCUT2D eigenvalue weighted by Gasteiger charge is 2.16. The molecule has 0 radical (unpaired) electrons. The van der Waals surface area contributed by atoms with Gasteiger partial charge in [0.05, 0.1) is 15.7 Å². The molecule has 0 aliphatic heterocycles. The minimum Gasteiger partial charge on any atom is -0.275 e. The first kappa shape index (κ1) is 15.1. The second-order valence-electron chi connectivity index (χ2n) is 4.51. The summed E-state index contributed by atoms with van der Waals surface area (Å²) >= 11 is 21.2. The van der Waals surface area contributed by atoms with Gasteiger partial charge in [-0.2, -0.15) is 5.10 Å². The van der Waals surface area contributed by atoms with Crippen molar-refractivity contribution in [3.8, 4) is 0 Å². The molecule has 1 rings (SSSR count). The Bertz CT molecular complexity index is 430. The standard InChI is InChI=1S/C11H12BrCl3N2/c1-11(2,3)10(12)17-16-9-7(14)4-6(13)5-8(9)15/h4-5,16H,1-3H3. The Morgan fingerprint density at radius 1 is 1.18 bits per heavy atom. The van der Waals surface area contributed by atoms with Crippen LogP contribution in [0.4, 0.5) is 5.69 Å². The van der Waals surface area contributed by atoms with E-state index in [2.05, 4.69) is 26.5 Å². The molecule has 6 heteroatoms. The third-order valence-electron chi connectivity index (χ3n) is 1.89. The Labute approximate surface area is 124 Å². The lowest BCUT2D eigenvalue weighted by Crippen LogP contribution is -2.15. The largest absolute Gasteiger partial charge is 0.275 e. The third kappa shape index (κ3) is 4.32. The van der Waals surface area contributed by atoms with E-state index in [1.165, 1.54) is 0 Å². The lowest BCUT2D eigenvalue weighted by atomic mass is 9.99. The molecule has 0 unspecified atom stereocenters. The van der Waals surface area contributed by atoms with Crippen LogP contribution in [0.15, 0.2) is 17.2 Å². The molecule has 1 N–H and O–H groups in total. The zero-order chi connectivity index (χ0) is 13.2. The van der Waals surface area contributed by atoms with E-state index in [9.17, 15) is 0 Å². The second kappa shape index (κ2) is 5.79. The average molecular weight is 358 g/mol. The van der Waals surface area contributed by atoms with Crippen LogP contribution in [0.25, 0.3) is 0 Å². The molecule has 0 amide bonds. The van der Waals surface area contributed by atoms with E-state index in [1.807, 2.05) is 20.8 Å². The van der Waals surface area contributed by atoms with E-state index in [0.29, 0.717) is 20.8 Å². The second-order valence-corrected chi connectivity index (χ2v) is 6.51. The van der Waals surface area contributed by atoms with Crippen LogP contribution in [-0.2, 0) is 0 Å². The van der Waals surface area contributed by atoms with Crippen molar-refractivity contribution >= 4 is 61.0 Å². The molecule has 0 saturated heterocycles. The molecular weight excluding hydrogens is 346 g/mol. The van der Waals surface area contributed by atoms with Crippen molar-refractivity contribution < 1.29 is 0 Å². The summed E-state index contributed by atoms with van der Waals surface area (Å²) in [5.74, 6) is 0. The van der Waals surface area contributed by atoms with Crippen molar-refractivity contribution in [2.45, 2.75) is 20.8 Å². The minimum atomic E-state index is -0.0849. The molecule has 0 aliphatic rings. The molecule has 0 saturated carbocycles. The van der Waals surface area contributed by atoms with Gasteiger partial charge in [0.2, 0.25) is 0 Å². The molecule has 0 aromatic heterocycles. The summed E-state index contributed by atoms with van der Waals surface area (Å²) in [5, 5.41) is 5.54. The van der Waals surface area contributed by atoms with Gasteiger partial charge in [-0.1, -0.05) is 55.6 Å². The van der Waals surface area contributed by atoms with E-state index in [4.69, 9.17) is 34.8 Å². The maximum atomic E-state index is 6.02. The number of rotatable bonds is 2. The van der Waals surface area contributed by atoms with E-state index < -0.39 is 0 Å². The summed E-state index contributed by atoms with van der Waals surface area (Å²) in [6.07, 6.45) is 0. The minimum absolute atomic E-state index is 0.0849. The smallest absolute Gasteiger partial charge is 0.109 e. The molecule has 0 atom stereocenters. The van der Waals surface area contributed by atoms with Gasteiger partial charge in [0, 0.05) is 10.4 Å². The first-order chi connectivity index (χ1) is 7.71. The van der Waals surface area contributed by atoms with Gasteiger partial charge in [0.25, 0.3) is 0 Å². The number of nitrogens with one attached hydrogen (secondary N) is 1. The molecule has 0 heterocycles. The number of nitrogens with zero attached hydrogens (tertiary/aromatic N) is 1. The summed E-state index contributed by atoms with van der Waals surface area (Å²) < 4.78 is 0.770. The van der Waals surface area contributed by atoms with Crippen molar-refractivity contribution in [2.24, 2.45) is 10.5 Å². The molecule has 1 aromatic rings. The normalized spacial score (nSPS) is 12.8. The molecule has 0 aliphatic carbocycles. The Kier molecular flexibility index (Phi) is 5.14. The summed E-state index contributed by atoms with van der Waals surface area (Å²) in [7, 11) is 0. The number of hydrazone groups is 1. The van der Waals surface area contributed by atoms with Crippen molar-refractivity contribution in [1.29, 1.82) is 0 Å². The molecule has 1 aromatic carbocycles. The molecule has 17 heavy (non-hydrogen) atoms. The zero-order valence-corrected chi connectivity index (χ0v) is 13.5. The highest BCUT2D eigenvalue weighted by Crippen LogP contribution is 2.34. The number of hydrogen-bond acceptors (Lipinski definition) is 2. The summed E-state index contributed by atoms with van der Waals surface area (Å²) in [5.41, 5.74) is 3.29. The highest BCUT2D eigenvalue weighted by atomic mass is 79.9. The van der Waals surface area contributed by atoms with E-state index >= 15 is 0 Å². The predicted octanol–water partition coefficient (Wildman–Crippen LogP) is 5.81. The van der Waals surface area contributed by atoms with Crippen molar-refractivity contribution in [3.63, 3.8) is 0 Å². The van der Waals surface area contributed by atoms with Crippen LogP contribution >= 0.6 is 50.7 Å². The summed E-state index contributed by atoms with van der Waals surface area (Å²) in [4.78, 5) is 0. The number of anilines is 1. The Balaban J connectivity index is 2.98. The van der Waals surface area contributed by atoms with Gasteiger partial charge in [0.15, 0.2) is 0 Å². The lowest BCUT2D eigenvalue weighted by Gasteiger charge is -2.16. The Morgan fingerprint density at radius 2 is 1.65 bits per heavy atom. The topological polar surface area (TPSA) is 24.4 Å². The van der Waals surface area contributed by atoms with E-state index in [1.54, 1.807) is 12.1 Å². The van der Waals surface area contributed by atoms with Gasteiger partial charge < -0.3 is 0 Å². The van der Waals surface area contributed by atoms with Gasteiger partial charge in [-0.25, -0.2) is 0 Å².